The van der Waals surface area contributed by atoms with E-state index in [-0.39, 0.29) is 11.1 Å². The van der Waals surface area contributed by atoms with E-state index in [0.29, 0.717) is 11.4 Å². The quantitative estimate of drug-likeness (QED) is 0.796. The van der Waals surface area contributed by atoms with Crippen LogP contribution < -0.4 is 0 Å². The molecule has 4 heteroatoms. The van der Waals surface area contributed by atoms with Gasteiger partial charge in [0.05, 0.1) is 11.4 Å². The number of carbonyl (C=O) groups is 2. The highest BCUT2D eigenvalue weighted by atomic mass is 32.2. The second kappa shape index (κ2) is 6.20. The molecule has 2 aromatic rings. The Morgan fingerprint density at radius 1 is 1.00 bits per heavy atom. The zero-order valence-electron chi connectivity index (χ0n) is 12.2. The van der Waals surface area contributed by atoms with Gasteiger partial charge in [-0.25, -0.2) is 0 Å². The van der Waals surface area contributed by atoms with E-state index in [4.69, 9.17) is 0 Å². The Balaban J connectivity index is 1.80. The van der Waals surface area contributed by atoms with Gasteiger partial charge in [-0.15, -0.1) is 0 Å². The Kier molecular flexibility index (Phi) is 4.11. The minimum Gasteiger partial charge on any atom is -0.268 e. The van der Waals surface area contributed by atoms with Crippen molar-refractivity contribution in [2.75, 3.05) is 0 Å². The molecule has 22 heavy (non-hydrogen) atoms. The minimum atomic E-state index is -0.223. The van der Waals surface area contributed by atoms with Crippen LogP contribution in [0, 0.1) is 6.92 Å². The monoisotopic (exact) mass is 309 g/mol. The molecule has 0 aliphatic carbocycles. The van der Waals surface area contributed by atoms with E-state index < -0.39 is 0 Å². The highest BCUT2D eigenvalue weighted by molar-refractivity contribution is 8.18. The molecular formula is C18H15NO2S. The number of thioether (sulfide) groups is 1. The first-order chi connectivity index (χ1) is 10.6. The van der Waals surface area contributed by atoms with Gasteiger partial charge in [-0.2, -0.15) is 0 Å². The maximum atomic E-state index is 12.4. The summed E-state index contributed by atoms with van der Waals surface area (Å²) in [5.41, 5.74) is 3.03. The highest BCUT2D eigenvalue weighted by Gasteiger charge is 2.34. The molecule has 1 aliphatic rings. The van der Waals surface area contributed by atoms with E-state index in [1.54, 1.807) is 6.08 Å². The summed E-state index contributed by atoms with van der Waals surface area (Å²) in [7, 11) is 0. The zero-order valence-corrected chi connectivity index (χ0v) is 13.0. The van der Waals surface area contributed by atoms with Crippen LogP contribution in [0.1, 0.15) is 16.7 Å². The third-order valence-electron chi connectivity index (χ3n) is 3.43. The van der Waals surface area contributed by atoms with Crippen LogP contribution in [0.4, 0.5) is 4.79 Å². The Morgan fingerprint density at radius 2 is 1.68 bits per heavy atom. The third kappa shape index (κ3) is 3.12. The largest absolute Gasteiger partial charge is 0.293 e. The molecule has 0 atom stereocenters. The SMILES string of the molecule is Cc1ccc(/C=C2\SC(=O)N(Cc3ccccc3)C2=O)cc1. The molecular weight excluding hydrogens is 294 g/mol. The van der Waals surface area contributed by atoms with Crippen LogP contribution >= 0.6 is 11.8 Å². The average molecular weight is 309 g/mol. The molecule has 3 nitrogen and oxygen atoms in total. The maximum absolute atomic E-state index is 12.4. The van der Waals surface area contributed by atoms with Crippen molar-refractivity contribution in [3.05, 3.63) is 76.2 Å². The molecule has 1 aliphatic heterocycles. The predicted molar refractivity (Wildman–Crippen MR) is 89.1 cm³/mol. The van der Waals surface area contributed by atoms with Crippen molar-refractivity contribution in [1.29, 1.82) is 0 Å². The van der Waals surface area contributed by atoms with Gasteiger partial charge >= 0.3 is 0 Å². The molecule has 0 bridgehead atoms. The van der Waals surface area contributed by atoms with Crippen molar-refractivity contribution in [3.63, 3.8) is 0 Å². The van der Waals surface area contributed by atoms with Gasteiger partial charge < -0.3 is 0 Å². The van der Waals surface area contributed by atoms with Crippen LogP contribution in [0.2, 0.25) is 0 Å². The lowest BCUT2D eigenvalue weighted by Crippen LogP contribution is -2.27. The molecule has 0 aromatic heterocycles. The molecule has 0 saturated carbocycles. The molecule has 1 heterocycles. The molecule has 2 amide bonds. The number of hydrogen-bond donors (Lipinski definition) is 0. The summed E-state index contributed by atoms with van der Waals surface area (Å²) < 4.78 is 0. The first-order valence-electron chi connectivity index (χ1n) is 6.99. The standard InChI is InChI=1S/C18H15NO2S/c1-13-7-9-14(10-8-13)11-16-17(20)19(18(21)22-16)12-15-5-3-2-4-6-15/h2-11H,12H2,1H3/b16-11-. The lowest BCUT2D eigenvalue weighted by atomic mass is 10.1. The van der Waals surface area contributed by atoms with Crippen molar-refractivity contribution in [1.82, 2.24) is 4.90 Å². The number of imide groups is 1. The summed E-state index contributed by atoms with van der Waals surface area (Å²) in [4.78, 5) is 26.2. The molecule has 3 rings (SSSR count). The van der Waals surface area contributed by atoms with Gasteiger partial charge in [-0.1, -0.05) is 60.2 Å². The van der Waals surface area contributed by atoms with Gasteiger partial charge in [0.2, 0.25) is 0 Å². The molecule has 0 spiro atoms. The van der Waals surface area contributed by atoms with Crippen molar-refractivity contribution in [3.8, 4) is 0 Å². The van der Waals surface area contributed by atoms with Crippen LogP contribution in [-0.2, 0) is 11.3 Å². The zero-order chi connectivity index (χ0) is 15.5. The van der Waals surface area contributed by atoms with E-state index in [2.05, 4.69) is 0 Å². The molecule has 2 aromatic carbocycles. The predicted octanol–water partition coefficient (Wildman–Crippen LogP) is 4.23. The van der Waals surface area contributed by atoms with Crippen molar-refractivity contribution < 1.29 is 9.59 Å². The Labute approximate surface area is 133 Å². The number of aryl methyl sites for hydroxylation is 1. The molecule has 110 valence electrons. The van der Waals surface area contributed by atoms with Crippen LogP contribution in [-0.4, -0.2) is 16.0 Å². The van der Waals surface area contributed by atoms with E-state index >= 15 is 0 Å². The third-order valence-corrected chi connectivity index (χ3v) is 4.34. The summed E-state index contributed by atoms with van der Waals surface area (Å²) in [6.45, 7) is 2.33. The molecule has 1 saturated heterocycles. The summed E-state index contributed by atoms with van der Waals surface area (Å²) >= 11 is 0.999. The summed E-state index contributed by atoms with van der Waals surface area (Å²) in [5.74, 6) is -0.223. The smallest absolute Gasteiger partial charge is 0.268 e. The number of rotatable bonds is 3. The lowest BCUT2D eigenvalue weighted by Gasteiger charge is -2.12. The van der Waals surface area contributed by atoms with Gasteiger partial charge in [0.15, 0.2) is 0 Å². The van der Waals surface area contributed by atoms with Gasteiger partial charge in [-0.3, -0.25) is 14.5 Å². The Hall–Kier alpha value is -2.33. The normalized spacial score (nSPS) is 16.6. The summed E-state index contributed by atoms with van der Waals surface area (Å²) in [5, 5.41) is -0.216. The van der Waals surface area contributed by atoms with Crippen LogP contribution in [0.3, 0.4) is 0 Å². The highest BCUT2D eigenvalue weighted by Crippen LogP contribution is 2.33. The van der Waals surface area contributed by atoms with Gasteiger partial charge in [0.25, 0.3) is 11.1 Å². The first-order valence-corrected chi connectivity index (χ1v) is 7.81. The van der Waals surface area contributed by atoms with E-state index in [0.717, 1.165) is 28.5 Å². The van der Waals surface area contributed by atoms with Crippen LogP contribution in [0.15, 0.2) is 59.5 Å². The van der Waals surface area contributed by atoms with Gasteiger partial charge in [0.1, 0.15) is 0 Å². The second-order valence-electron chi connectivity index (χ2n) is 5.16. The summed E-state index contributed by atoms with van der Waals surface area (Å²) in [6.07, 6.45) is 1.77. The van der Waals surface area contributed by atoms with Gasteiger partial charge in [-0.05, 0) is 35.9 Å². The van der Waals surface area contributed by atoms with Crippen LogP contribution in [0.25, 0.3) is 6.08 Å². The number of hydrogen-bond acceptors (Lipinski definition) is 3. The van der Waals surface area contributed by atoms with Crippen molar-refractivity contribution in [2.24, 2.45) is 0 Å². The summed E-state index contributed by atoms with van der Waals surface area (Å²) in [6, 6.07) is 17.4. The number of nitrogens with zero attached hydrogens (tertiary/aromatic N) is 1. The maximum Gasteiger partial charge on any atom is 0.293 e. The van der Waals surface area contributed by atoms with E-state index in [1.807, 2.05) is 61.5 Å². The molecule has 0 N–H and O–H groups in total. The topological polar surface area (TPSA) is 37.4 Å². The molecule has 0 unspecified atom stereocenters. The Bertz CT molecular complexity index is 735. The minimum absolute atomic E-state index is 0.216. The van der Waals surface area contributed by atoms with E-state index in [1.165, 1.54) is 4.90 Å². The molecule has 0 radical (unpaired) electrons. The molecule has 1 fully saturated rings. The number of carbonyl (C=O) groups excluding carboxylic acids is 2. The second-order valence-corrected chi connectivity index (χ2v) is 6.16. The fourth-order valence-electron chi connectivity index (χ4n) is 2.22. The van der Waals surface area contributed by atoms with Crippen LogP contribution in [0.5, 0.6) is 0 Å². The number of benzene rings is 2. The average Bonchev–Trinajstić information content (AvgIpc) is 2.78. The van der Waals surface area contributed by atoms with Crippen molar-refractivity contribution in [2.45, 2.75) is 13.5 Å². The van der Waals surface area contributed by atoms with Crippen molar-refractivity contribution >= 4 is 29.0 Å². The first kappa shape index (κ1) is 14.6. The number of amides is 2. The van der Waals surface area contributed by atoms with E-state index in [9.17, 15) is 9.59 Å². The van der Waals surface area contributed by atoms with Gasteiger partial charge in [0, 0.05) is 0 Å². The fraction of sp³-hybridized carbons (Fsp3) is 0.111. The Morgan fingerprint density at radius 3 is 2.36 bits per heavy atom. The lowest BCUT2D eigenvalue weighted by molar-refractivity contribution is -0.123. The fourth-order valence-corrected chi connectivity index (χ4v) is 3.05.